The molecule has 0 atom stereocenters. The van der Waals surface area contributed by atoms with Gasteiger partial charge in [0.25, 0.3) is 0 Å². The first kappa shape index (κ1) is 88.8. The summed E-state index contributed by atoms with van der Waals surface area (Å²) in [5.74, 6) is -4.52. The normalized spacial score (nSPS) is 17.3. The molecule has 4 amide bonds. The van der Waals surface area contributed by atoms with Gasteiger partial charge in [0.15, 0.2) is 39.3 Å². The number of carbonyl (C=O) groups excluding carboxylic acids is 5. The number of hydrogen-bond donors (Lipinski definition) is 7. The zero-order valence-electron chi connectivity index (χ0n) is 63.3. The van der Waals surface area contributed by atoms with E-state index in [9.17, 15) is 77.8 Å². The summed E-state index contributed by atoms with van der Waals surface area (Å²) < 4.78 is 142. The number of methoxy groups -OCH3 is 1. The molecule has 0 spiro atoms. The van der Waals surface area contributed by atoms with E-state index in [0.717, 1.165) is 0 Å². The quantitative estimate of drug-likeness (QED) is 0.0391. The third-order valence-corrected chi connectivity index (χ3v) is 32.0. The second-order valence-corrected chi connectivity index (χ2v) is 42.0. The number of rotatable bonds is 24. The number of nitrogens with one attached hydrogen (secondary N) is 4. The van der Waals surface area contributed by atoms with Crippen LogP contribution in [0.5, 0.6) is 0 Å². The SMILES string of the molecule is CC(C)(C(=O)O)c1cc(NC(=O)C(C)(C)S(=O)(=O)C2CCOCC2)on1.CC(C)(CO)c1cc(NC(=O)C(C)(C)S(=O)(=O)C2CCOCC2)on1.CC(C)(O)C(C)(C)c1cc(NC(=O)C(C)(C)S(=O)(=O)C2CCOCC2)on1.COC(=O)C(C)(C)c1cc(NC(=O)C(C)(C)S(=O)(=O)C2CCOCC2)on1. The summed E-state index contributed by atoms with van der Waals surface area (Å²) in [5, 5.41) is 51.4. The number of carbonyl (C=O) groups is 6. The lowest BCUT2D eigenvalue weighted by atomic mass is 9.75. The van der Waals surface area contributed by atoms with Gasteiger partial charge in [-0.3, -0.25) is 50.0 Å². The topological polar surface area (TPSA) is 498 Å². The monoisotopic (exact) mass is 1570 g/mol. The first-order chi connectivity index (χ1) is 48.1. The average molecular weight is 1570 g/mol. The highest BCUT2D eigenvalue weighted by Gasteiger charge is 2.52. The van der Waals surface area contributed by atoms with E-state index in [4.69, 9.17) is 41.8 Å². The van der Waals surface area contributed by atoms with Crippen LogP contribution in [0.15, 0.2) is 42.4 Å². The van der Waals surface area contributed by atoms with E-state index in [-0.39, 0.29) is 41.5 Å². The molecule has 4 aliphatic heterocycles. The number of aliphatic hydroxyl groups excluding tert-OH is 1. The van der Waals surface area contributed by atoms with Gasteiger partial charge < -0.3 is 57.1 Å². The molecule has 0 aromatic carbocycles. The van der Waals surface area contributed by atoms with Gasteiger partial charge in [-0.05, 0) is 148 Å². The van der Waals surface area contributed by atoms with Crippen molar-refractivity contribution in [1.29, 1.82) is 0 Å². The van der Waals surface area contributed by atoms with E-state index < -0.39 is 142 Å². The van der Waals surface area contributed by atoms with Crippen LogP contribution in [0, 0.1) is 0 Å². The Morgan fingerprint density at radius 3 is 0.876 bits per heavy atom. The van der Waals surface area contributed by atoms with Crippen molar-refractivity contribution in [2.45, 2.75) is 243 Å². The number of aliphatic hydroxyl groups is 2. The van der Waals surface area contributed by atoms with Crippen molar-refractivity contribution >= 4 is 98.5 Å². The molecule has 8 heterocycles. The van der Waals surface area contributed by atoms with Gasteiger partial charge in [-0.1, -0.05) is 48.3 Å². The molecule has 0 saturated carbocycles. The maximum Gasteiger partial charge on any atom is 0.317 e. The van der Waals surface area contributed by atoms with Gasteiger partial charge in [0.2, 0.25) is 47.2 Å². The van der Waals surface area contributed by atoms with Gasteiger partial charge in [-0.15, -0.1) is 0 Å². The fraction of sp³-hybridized carbons (Fsp3) is 0.731. The molecule has 0 bridgehead atoms. The maximum absolute atomic E-state index is 12.9. The van der Waals surface area contributed by atoms with Gasteiger partial charge in [0.05, 0.1) is 51.7 Å². The summed E-state index contributed by atoms with van der Waals surface area (Å²) >= 11 is 0. The number of esters is 1. The Bertz CT molecular complexity index is 4150. The fourth-order valence-corrected chi connectivity index (χ4v) is 18.4. The fourth-order valence-electron chi connectivity index (χ4n) is 10.6. The van der Waals surface area contributed by atoms with Gasteiger partial charge in [0.1, 0.15) is 41.2 Å². The third-order valence-electron chi connectivity index (χ3n) is 20.2. The van der Waals surface area contributed by atoms with Crippen molar-refractivity contribution in [3.05, 3.63) is 47.0 Å². The molecule has 4 saturated heterocycles. The number of ether oxygens (including phenoxy) is 5. The molecule has 0 aliphatic carbocycles. The molecule has 105 heavy (non-hydrogen) atoms. The number of anilines is 4. The van der Waals surface area contributed by atoms with Gasteiger partial charge >= 0.3 is 11.9 Å². The zero-order valence-corrected chi connectivity index (χ0v) is 66.6. The van der Waals surface area contributed by atoms with Crippen molar-refractivity contribution in [2.75, 3.05) is 87.8 Å². The standard InChI is InChI=1S/C18H30N2O6S.C17H26N2O7S.C16H24N2O7S.C16H26N2O6S/c1-16(2,18(5,6)22)13-11-14(26-20-13)19-15(21)17(3,4)27(23,24)12-7-9-25-10-8-12;1-16(2,15(21)24-5)12-10-13(26-19-12)18-14(20)17(3,4)27(22,23)11-6-8-25-9-7-11;1-15(2,14(20)21)11-9-12(25-18-11)17-13(19)16(3,4)26(22,23)10-5-7-24-8-6-10;1-15(2,10-19)12-9-13(24-18-12)17-14(20)16(3,4)25(21,22)11-5-7-23-8-6-11/h11-12,22H,7-10H2,1-6H3,(H,19,21);10-11H,6-9H2,1-5H3,(H,18,20);9-10H,5-8H2,1-4H3,(H,17,19)(H,20,21);9,11,19H,5-8,10H2,1-4H3,(H,17,20). The van der Waals surface area contributed by atoms with Crippen LogP contribution in [-0.2, 0) is 113 Å². The number of carboxylic acids is 1. The number of amides is 4. The Kier molecular flexibility index (Phi) is 28.6. The number of aliphatic carboxylic acids is 1. The number of nitrogens with zero attached hydrogens (tertiary/aromatic N) is 4. The second kappa shape index (κ2) is 33.8. The lowest BCUT2D eigenvalue weighted by Gasteiger charge is -2.35. The highest BCUT2D eigenvalue weighted by atomic mass is 32.2. The third kappa shape index (κ3) is 19.8. The summed E-state index contributed by atoms with van der Waals surface area (Å²) in [6, 6.07) is 5.66. The lowest BCUT2D eigenvalue weighted by Crippen LogP contribution is -2.50. The van der Waals surface area contributed by atoms with E-state index >= 15 is 0 Å². The molecule has 4 aliphatic rings. The first-order valence-corrected chi connectivity index (χ1v) is 40.3. The van der Waals surface area contributed by atoms with Crippen molar-refractivity contribution < 1.29 is 120 Å². The predicted molar refractivity (Wildman–Crippen MR) is 383 cm³/mol. The molecule has 7 N–H and O–H groups in total. The average Bonchev–Trinajstić information content (AvgIpc) is 1.06. The Morgan fingerprint density at radius 2 is 0.638 bits per heavy atom. The molecule has 34 nitrogen and oxygen atoms in total. The van der Waals surface area contributed by atoms with Crippen LogP contribution in [0.3, 0.4) is 0 Å². The summed E-state index contributed by atoms with van der Waals surface area (Å²) in [4.78, 5) is 73.7. The molecule has 38 heteroatoms. The highest BCUT2D eigenvalue weighted by Crippen LogP contribution is 2.38. The van der Waals surface area contributed by atoms with Gasteiger partial charge in [0, 0.05) is 88.0 Å². The predicted octanol–water partition coefficient (Wildman–Crippen LogP) is 6.07. The molecule has 0 unspecified atom stereocenters. The van der Waals surface area contributed by atoms with Gasteiger partial charge in [-0.25, -0.2) is 33.7 Å². The van der Waals surface area contributed by atoms with E-state index in [1.165, 1.54) is 101 Å². The number of hydrogen-bond acceptors (Lipinski definition) is 29. The molecular weight excluding hydrogens is 1460 g/mol. The summed E-state index contributed by atoms with van der Waals surface area (Å²) in [6.07, 6.45) is 2.94. The largest absolute Gasteiger partial charge is 0.481 e. The Morgan fingerprint density at radius 1 is 0.410 bits per heavy atom. The van der Waals surface area contributed by atoms with E-state index in [1.807, 2.05) is 0 Å². The van der Waals surface area contributed by atoms with Crippen LogP contribution in [0.2, 0.25) is 0 Å². The molecule has 4 fully saturated rings. The van der Waals surface area contributed by atoms with Crippen molar-refractivity contribution in [1.82, 2.24) is 20.6 Å². The second-order valence-electron chi connectivity index (χ2n) is 30.9. The van der Waals surface area contributed by atoms with E-state index in [1.54, 1.807) is 55.4 Å². The van der Waals surface area contributed by atoms with Gasteiger partial charge in [-0.2, -0.15) is 0 Å². The van der Waals surface area contributed by atoms with Crippen LogP contribution in [0.4, 0.5) is 23.5 Å². The van der Waals surface area contributed by atoms with Crippen LogP contribution in [-0.4, -0.2) is 217 Å². The van der Waals surface area contributed by atoms with Crippen LogP contribution >= 0.6 is 0 Å². The molecule has 4 aromatic heterocycles. The van der Waals surface area contributed by atoms with Crippen LogP contribution in [0.1, 0.15) is 199 Å². The number of sulfone groups is 4. The Balaban J connectivity index is 0.000000252. The number of aromatic nitrogens is 4. The smallest absolute Gasteiger partial charge is 0.317 e. The summed E-state index contributed by atoms with van der Waals surface area (Å²) in [7, 11) is -13.7. The molecule has 0 radical (unpaired) electrons. The maximum atomic E-state index is 12.9. The van der Waals surface area contributed by atoms with E-state index in [0.29, 0.717) is 116 Å². The lowest BCUT2D eigenvalue weighted by molar-refractivity contribution is -0.146. The van der Waals surface area contributed by atoms with Crippen molar-refractivity contribution in [3.63, 3.8) is 0 Å². The van der Waals surface area contributed by atoms with Crippen molar-refractivity contribution in [3.8, 4) is 0 Å². The molecule has 594 valence electrons. The Hall–Kier alpha value is -6.78. The van der Waals surface area contributed by atoms with Crippen LogP contribution < -0.4 is 21.3 Å². The zero-order chi connectivity index (χ0) is 79.8. The Labute approximate surface area is 613 Å². The number of carboxylic acid groups (broad SMARTS) is 1. The first-order valence-electron chi connectivity index (χ1n) is 34.1. The highest BCUT2D eigenvalue weighted by molar-refractivity contribution is 7.95. The summed E-state index contributed by atoms with van der Waals surface area (Å²) in [5.41, 5.74) is -3.53. The molecule has 8 rings (SSSR count). The molecule has 4 aromatic rings. The molecular formula is C67H106N8O26S4. The van der Waals surface area contributed by atoms with E-state index in [2.05, 4.69) is 41.9 Å². The minimum absolute atomic E-state index is 0.0396. The van der Waals surface area contributed by atoms with Crippen LogP contribution in [0.25, 0.3) is 0 Å². The summed E-state index contributed by atoms with van der Waals surface area (Å²) in [6.45, 7) is 30.3. The van der Waals surface area contributed by atoms with Crippen molar-refractivity contribution in [2.24, 2.45) is 0 Å². The minimum Gasteiger partial charge on any atom is -0.481 e. The minimum atomic E-state index is -3.76.